The van der Waals surface area contributed by atoms with E-state index in [-0.39, 0.29) is 28.6 Å². The molecule has 2 rings (SSSR count). The van der Waals surface area contributed by atoms with E-state index in [1.54, 1.807) is 7.05 Å². The van der Waals surface area contributed by atoms with Crippen molar-refractivity contribution in [2.75, 3.05) is 19.6 Å². The molecular weight excluding hydrogens is 344 g/mol. The number of rotatable bonds is 5. The Kier molecular flexibility index (Phi) is 5.58. The van der Waals surface area contributed by atoms with Gasteiger partial charge >= 0.3 is 0 Å². The Morgan fingerprint density at radius 1 is 1.20 bits per heavy atom. The van der Waals surface area contributed by atoms with Crippen molar-refractivity contribution < 1.29 is 18.0 Å². The van der Waals surface area contributed by atoms with Crippen molar-refractivity contribution in [2.24, 2.45) is 7.05 Å². The van der Waals surface area contributed by atoms with Gasteiger partial charge in [0.1, 0.15) is 10.6 Å². The molecule has 0 unspecified atom stereocenters. The maximum atomic E-state index is 12.6. The summed E-state index contributed by atoms with van der Waals surface area (Å²) in [5.41, 5.74) is -0.189. The van der Waals surface area contributed by atoms with Crippen molar-refractivity contribution in [1.82, 2.24) is 19.5 Å². The molecule has 1 aliphatic heterocycles. The quantitative estimate of drug-likeness (QED) is 0.786. The van der Waals surface area contributed by atoms with Gasteiger partial charge in [-0.25, -0.2) is 8.42 Å². The van der Waals surface area contributed by atoms with Gasteiger partial charge in [0.25, 0.3) is 5.91 Å². The first-order valence-electron chi connectivity index (χ1n) is 8.26. The monoisotopic (exact) mass is 370 g/mol. The number of sulfonamides is 1. The summed E-state index contributed by atoms with van der Waals surface area (Å²) in [5.74, 6) is -0.797. The van der Waals surface area contributed by atoms with Crippen LogP contribution in [0.25, 0.3) is 0 Å². The molecular formula is C16H26N4O4S. The highest BCUT2D eigenvalue weighted by Crippen LogP contribution is 2.22. The zero-order valence-corrected chi connectivity index (χ0v) is 15.9. The first kappa shape index (κ1) is 19.5. The predicted octanol–water partition coefficient (Wildman–Crippen LogP) is 0.454. The average Bonchev–Trinajstić information content (AvgIpc) is 3.12. The van der Waals surface area contributed by atoms with E-state index in [9.17, 15) is 18.0 Å². The van der Waals surface area contributed by atoms with Crippen LogP contribution in [0.5, 0.6) is 0 Å². The minimum Gasteiger partial charge on any atom is -0.350 e. The molecule has 25 heavy (non-hydrogen) atoms. The molecule has 9 heteroatoms. The predicted molar refractivity (Wildman–Crippen MR) is 93.6 cm³/mol. The number of carbonyl (C=O) groups excluding carboxylic acids is 2. The lowest BCUT2D eigenvalue weighted by Gasteiger charge is -2.20. The summed E-state index contributed by atoms with van der Waals surface area (Å²) in [6, 6.07) is 1.35. The zero-order valence-electron chi connectivity index (χ0n) is 15.1. The van der Waals surface area contributed by atoms with Crippen molar-refractivity contribution in [3.05, 3.63) is 18.0 Å². The van der Waals surface area contributed by atoms with E-state index in [0.29, 0.717) is 13.1 Å². The number of aromatic nitrogens is 1. The van der Waals surface area contributed by atoms with Gasteiger partial charge in [-0.15, -0.1) is 0 Å². The third-order valence-corrected chi connectivity index (χ3v) is 5.70. The maximum Gasteiger partial charge on any atom is 0.268 e. The number of carbonyl (C=O) groups is 2. The lowest BCUT2D eigenvalue weighted by molar-refractivity contribution is -0.121. The number of aryl methyl sites for hydroxylation is 1. The molecule has 2 N–H and O–H groups in total. The molecule has 1 saturated heterocycles. The van der Waals surface area contributed by atoms with Crippen LogP contribution in [-0.2, 0) is 21.9 Å². The molecule has 2 heterocycles. The van der Waals surface area contributed by atoms with Gasteiger partial charge in [-0.3, -0.25) is 9.59 Å². The van der Waals surface area contributed by atoms with E-state index < -0.39 is 15.9 Å². The highest BCUT2D eigenvalue weighted by atomic mass is 32.2. The van der Waals surface area contributed by atoms with Crippen LogP contribution in [-0.4, -0.2) is 54.3 Å². The lowest BCUT2D eigenvalue weighted by atomic mass is 10.1. The molecule has 0 radical (unpaired) electrons. The van der Waals surface area contributed by atoms with Gasteiger partial charge in [0.2, 0.25) is 15.9 Å². The minimum atomic E-state index is -3.58. The Hall–Kier alpha value is -1.87. The molecule has 1 fully saturated rings. The number of hydrogen-bond acceptors (Lipinski definition) is 4. The number of hydrogen-bond donors (Lipinski definition) is 2. The Bertz CT molecular complexity index is 756. The molecule has 0 atom stereocenters. The highest BCUT2D eigenvalue weighted by molar-refractivity contribution is 7.89. The van der Waals surface area contributed by atoms with Crippen molar-refractivity contribution in [3.63, 3.8) is 0 Å². The molecule has 0 aromatic carbocycles. The van der Waals surface area contributed by atoms with E-state index in [4.69, 9.17) is 0 Å². The molecule has 0 bridgehead atoms. The molecule has 8 nitrogen and oxygen atoms in total. The van der Waals surface area contributed by atoms with E-state index >= 15 is 0 Å². The Balaban J connectivity index is 2.06. The van der Waals surface area contributed by atoms with Gasteiger partial charge in [-0.1, -0.05) is 0 Å². The van der Waals surface area contributed by atoms with Crippen LogP contribution < -0.4 is 10.6 Å². The molecule has 0 aliphatic carbocycles. The van der Waals surface area contributed by atoms with Crippen LogP contribution in [0.3, 0.4) is 0 Å². The summed E-state index contributed by atoms with van der Waals surface area (Å²) in [6.45, 7) is 6.38. The highest BCUT2D eigenvalue weighted by Gasteiger charge is 2.29. The topological polar surface area (TPSA) is 101 Å². The van der Waals surface area contributed by atoms with Crippen molar-refractivity contribution in [3.8, 4) is 0 Å². The lowest BCUT2D eigenvalue weighted by Crippen LogP contribution is -2.46. The smallest absolute Gasteiger partial charge is 0.268 e. The van der Waals surface area contributed by atoms with Crippen molar-refractivity contribution in [1.29, 1.82) is 0 Å². The van der Waals surface area contributed by atoms with E-state index in [0.717, 1.165) is 12.8 Å². The molecule has 0 saturated carbocycles. The van der Waals surface area contributed by atoms with Gasteiger partial charge in [-0.05, 0) is 39.7 Å². The maximum absolute atomic E-state index is 12.6. The summed E-state index contributed by atoms with van der Waals surface area (Å²) in [6.07, 6.45) is 3.13. The third kappa shape index (κ3) is 4.82. The second-order valence-corrected chi connectivity index (χ2v) is 9.20. The molecule has 140 valence electrons. The van der Waals surface area contributed by atoms with E-state index in [1.807, 2.05) is 20.8 Å². The van der Waals surface area contributed by atoms with Crippen molar-refractivity contribution >= 4 is 21.8 Å². The fourth-order valence-corrected chi connectivity index (χ4v) is 4.28. The Labute approximate surface area is 148 Å². The number of nitrogens with zero attached hydrogens (tertiary/aromatic N) is 2. The molecule has 1 aromatic heterocycles. The van der Waals surface area contributed by atoms with Gasteiger partial charge in [0, 0.05) is 31.9 Å². The van der Waals surface area contributed by atoms with Gasteiger partial charge in [0.05, 0.1) is 6.54 Å². The van der Waals surface area contributed by atoms with Gasteiger partial charge in [0.15, 0.2) is 0 Å². The van der Waals surface area contributed by atoms with Gasteiger partial charge in [-0.2, -0.15) is 4.31 Å². The molecule has 1 aliphatic rings. The number of amides is 2. The first-order chi connectivity index (χ1) is 11.5. The summed E-state index contributed by atoms with van der Waals surface area (Å²) < 4.78 is 28.0. The Morgan fingerprint density at radius 2 is 1.80 bits per heavy atom. The van der Waals surface area contributed by atoms with Crippen LogP contribution in [0, 0.1) is 0 Å². The summed E-state index contributed by atoms with van der Waals surface area (Å²) >= 11 is 0. The van der Waals surface area contributed by atoms with E-state index in [2.05, 4.69) is 10.6 Å². The van der Waals surface area contributed by atoms with Crippen LogP contribution in [0.1, 0.15) is 44.1 Å². The van der Waals surface area contributed by atoms with Crippen LogP contribution in [0.2, 0.25) is 0 Å². The van der Waals surface area contributed by atoms with E-state index in [1.165, 1.54) is 21.1 Å². The fourth-order valence-electron chi connectivity index (χ4n) is 2.69. The average molecular weight is 370 g/mol. The molecule has 2 amide bonds. The second kappa shape index (κ2) is 7.17. The standard InChI is InChI=1S/C16H26N4O4S/c1-16(2,3)18-14(21)10-17-15(22)13-9-12(11-19(13)4)25(23,24)20-7-5-6-8-20/h9,11H,5-8,10H2,1-4H3,(H,17,22)(H,18,21). The van der Waals surface area contributed by atoms with Crippen molar-refractivity contribution in [2.45, 2.75) is 44.0 Å². The SMILES string of the molecule is Cn1cc(S(=O)(=O)N2CCCC2)cc1C(=O)NCC(=O)NC(C)(C)C. The van der Waals surface area contributed by atoms with Crippen LogP contribution in [0.15, 0.2) is 17.2 Å². The summed E-state index contributed by atoms with van der Waals surface area (Å²) in [7, 11) is -1.97. The normalized spacial score (nSPS) is 16.0. The van der Waals surface area contributed by atoms with Gasteiger partial charge < -0.3 is 15.2 Å². The second-order valence-electron chi connectivity index (χ2n) is 7.26. The Morgan fingerprint density at radius 3 is 2.36 bits per heavy atom. The summed E-state index contributed by atoms with van der Waals surface area (Å²) in [4.78, 5) is 24.2. The third-order valence-electron chi connectivity index (χ3n) is 3.84. The largest absolute Gasteiger partial charge is 0.350 e. The zero-order chi connectivity index (χ0) is 18.8. The van der Waals surface area contributed by atoms with Crippen LogP contribution in [0.4, 0.5) is 0 Å². The van der Waals surface area contributed by atoms with Crippen LogP contribution >= 0.6 is 0 Å². The molecule has 0 spiro atoms. The summed E-state index contributed by atoms with van der Waals surface area (Å²) in [5, 5.41) is 5.26. The minimum absolute atomic E-state index is 0.0983. The fraction of sp³-hybridized carbons (Fsp3) is 0.625. The molecule has 1 aromatic rings. The number of nitrogens with one attached hydrogen (secondary N) is 2. The first-order valence-corrected chi connectivity index (χ1v) is 9.70.